The van der Waals surface area contributed by atoms with Crippen molar-refractivity contribution in [3.05, 3.63) is 112 Å². The lowest BCUT2D eigenvalue weighted by atomic mass is 10.0. The molecule has 4 aromatic rings. The van der Waals surface area contributed by atoms with Crippen molar-refractivity contribution < 1.29 is 18.0 Å². The van der Waals surface area contributed by atoms with E-state index in [1.807, 2.05) is 38.1 Å². The fourth-order valence-electron chi connectivity index (χ4n) is 4.12. The Hall–Kier alpha value is -4.04. The van der Waals surface area contributed by atoms with E-state index in [4.69, 9.17) is 0 Å². The van der Waals surface area contributed by atoms with Gasteiger partial charge in [0.1, 0.15) is 5.82 Å². The maximum atomic E-state index is 13.1. The minimum atomic E-state index is -3.30. The lowest BCUT2D eigenvalue weighted by Gasteiger charge is -2.13. The summed E-state index contributed by atoms with van der Waals surface area (Å²) in [6.07, 6.45) is 0. The molecule has 2 heterocycles. The highest BCUT2D eigenvalue weighted by Crippen LogP contribution is 2.33. The molecule has 0 saturated carbocycles. The Bertz CT molecular complexity index is 1570. The predicted octanol–water partition coefficient (Wildman–Crippen LogP) is 4.40. The van der Waals surface area contributed by atoms with Gasteiger partial charge in [-0.15, -0.1) is 0 Å². The van der Waals surface area contributed by atoms with Gasteiger partial charge in [0.15, 0.2) is 15.6 Å². The van der Waals surface area contributed by atoms with E-state index in [1.54, 1.807) is 53.2 Å². The third kappa shape index (κ3) is 4.40. The highest BCUT2D eigenvalue weighted by molar-refractivity contribution is 7.90. The van der Waals surface area contributed by atoms with Crippen molar-refractivity contribution >= 4 is 27.3 Å². The number of benzene rings is 3. The summed E-state index contributed by atoms with van der Waals surface area (Å²) in [6, 6.07) is 21.1. The molecule has 3 aromatic carbocycles. The molecular formula is C27H23N3O4S. The normalized spacial score (nSPS) is 13.9. The Balaban J connectivity index is 1.46. The van der Waals surface area contributed by atoms with Crippen LogP contribution in [0.5, 0.6) is 0 Å². The average Bonchev–Trinajstić information content (AvgIpc) is 3.33. The van der Waals surface area contributed by atoms with Crippen LogP contribution in [-0.4, -0.2) is 29.9 Å². The van der Waals surface area contributed by atoms with Gasteiger partial charge in [-0.1, -0.05) is 48.5 Å². The molecule has 0 spiro atoms. The number of carbonyl (C=O) groups excluding carboxylic acids is 2. The van der Waals surface area contributed by atoms with E-state index in [2.05, 4.69) is 10.4 Å². The van der Waals surface area contributed by atoms with Crippen LogP contribution >= 0.6 is 0 Å². The Kier molecular flexibility index (Phi) is 5.61. The van der Waals surface area contributed by atoms with Crippen molar-refractivity contribution in [2.24, 2.45) is 0 Å². The van der Waals surface area contributed by atoms with Gasteiger partial charge >= 0.3 is 0 Å². The third-order valence-electron chi connectivity index (χ3n) is 6.20. The molecule has 5 rings (SSSR count). The van der Waals surface area contributed by atoms with Crippen LogP contribution < -0.4 is 5.32 Å². The molecule has 0 saturated heterocycles. The van der Waals surface area contributed by atoms with Gasteiger partial charge in [0.25, 0.3) is 5.91 Å². The van der Waals surface area contributed by atoms with E-state index in [0.29, 0.717) is 33.8 Å². The van der Waals surface area contributed by atoms with Gasteiger partial charge in [-0.25, -0.2) is 13.1 Å². The van der Waals surface area contributed by atoms with Crippen LogP contribution in [0.15, 0.2) is 72.8 Å². The summed E-state index contributed by atoms with van der Waals surface area (Å²) >= 11 is 0. The number of rotatable bonds is 5. The lowest BCUT2D eigenvalue weighted by Crippen LogP contribution is -2.17. The largest absolute Gasteiger partial charge is 0.306 e. The molecule has 0 unspecified atom stereocenters. The summed E-state index contributed by atoms with van der Waals surface area (Å²) in [7, 11) is -3.30. The Morgan fingerprint density at radius 2 is 1.49 bits per heavy atom. The van der Waals surface area contributed by atoms with Gasteiger partial charge < -0.3 is 5.32 Å². The zero-order chi connectivity index (χ0) is 24.7. The molecule has 0 bridgehead atoms. The van der Waals surface area contributed by atoms with Gasteiger partial charge in [0.2, 0.25) is 0 Å². The number of aryl methyl sites for hydroxylation is 2. The van der Waals surface area contributed by atoms with Crippen LogP contribution in [0.3, 0.4) is 0 Å². The first kappa shape index (κ1) is 22.7. The summed E-state index contributed by atoms with van der Waals surface area (Å²) in [5.41, 5.74) is 5.25. The second-order valence-electron chi connectivity index (χ2n) is 8.71. The molecule has 35 heavy (non-hydrogen) atoms. The zero-order valence-electron chi connectivity index (χ0n) is 19.3. The summed E-state index contributed by atoms with van der Waals surface area (Å²) < 4.78 is 26.0. The van der Waals surface area contributed by atoms with E-state index < -0.39 is 15.7 Å². The molecule has 1 amide bonds. The smallest absolute Gasteiger partial charge is 0.256 e. The van der Waals surface area contributed by atoms with Crippen molar-refractivity contribution in [2.75, 3.05) is 5.32 Å². The minimum Gasteiger partial charge on any atom is -0.306 e. The number of aromatic nitrogens is 2. The van der Waals surface area contributed by atoms with Gasteiger partial charge in [-0.3, -0.25) is 9.59 Å². The highest BCUT2D eigenvalue weighted by atomic mass is 32.2. The summed E-state index contributed by atoms with van der Waals surface area (Å²) in [5.74, 6) is -0.528. The molecule has 176 valence electrons. The van der Waals surface area contributed by atoms with E-state index in [9.17, 15) is 18.0 Å². The standard InChI is InChI=1S/C27H23N3O4S/c1-17-8-13-22(14-18(17)2)30-26(23-15-35(33,34)16-24(23)29-30)28-27(32)21-11-9-20(10-12-21)25(31)19-6-4-3-5-7-19/h3-14H,15-16H2,1-2H3,(H,28,32). The van der Waals surface area contributed by atoms with Crippen molar-refractivity contribution in [1.82, 2.24) is 9.78 Å². The van der Waals surface area contributed by atoms with E-state index in [1.165, 1.54) is 0 Å². The molecule has 0 fully saturated rings. The molecule has 1 N–H and O–H groups in total. The molecule has 1 aliphatic heterocycles. The van der Waals surface area contributed by atoms with Crippen molar-refractivity contribution in [3.8, 4) is 5.69 Å². The van der Waals surface area contributed by atoms with Gasteiger partial charge in [-0.2, -0.15) is 5.10 Å². The Morgan fingerprint density at radius 3 is 2.17 bits per heavy atom. The Morgan fingerprint density at radius 1 is 0.829 bits per heavy atom. The van der Waals surface area contributed by atoms with E-state index in [-0.39, 0.29) is 17.3 Å². The van der Waals surface area contributed by atoms with Gasteiger partial charge in [0.05, 0.1) is 22.9 Å². The van der Waals surface area contributed by atoms with Crippen LogP contribution in [0.25, 0.3) is 5.69 Å². The zero-order valence-corrected chi connectivity index (χ0v) is 20.1. The summed E-state index contributed by atoms with van der Waals surface area (Å²) in [6.45, 7) is 3.99. The monoisotopic (exact) mass is 485 g/mol. The quantitative estimate of drug-likeness (QED) is 0.423. The van der Waals surface area contributed by atoms with Crippen molar-refractivity contribution in [1.29, 1.82) is 0 Å². The van der Waals surface area contributed by atoms with Crippen LogP contribution in [0.1, 0.15) is 48.7 Å². The third-order valence-corrected chi connectivity index (χ3v) is 7.64. The van der Waals surface area contributed by atoms with E-state index >= 15 is 0 Å². The van der Waals surface area contributed by atoms with Crippen LogP contribution in [0, 0.1) is 13.8 Å². The number of anilines is 1. The van der Waals surface area contributed by atoms with Crippen LogP contribution in [0.2, 0.25) is 0 Å². The van der Waals surface area contributed by atoms with Gasteiger partial charge in [-0.05, 0) is 49.2 Å². The number of fused-ring (bicyclic) bond motifs is 1. The topological polar surface area (TPSA) is 98.1 Å². The number of nitrogens with zero attached hydrogens (tertiary/aromatic N) is 2. The molecule has 1 aromatic heterocycles. The first-order valence-corrected chi connectivity index (χ1v) is 12.9. The number of carbonyl (C=O) groups is 2. The average molecular weight is 486 g/mol. The van der Waals surface area contributed by atoms with Crippen LogP contribution in [-0.2, 0) is 21.3 Å². The number of nitrogens with one attached hydrogen (secondary N) is 1. The molecular weight excluding hydrogens is 462 g/mol. The van der Waals surface area contributed by atoms with Crippen molar-refractivity contribution in [2.45, 2.75) is 25.4 Å². The summed E-state index contributed by atoms with van der Waals surface area (Å²) in [4.78, 5) is 25.8. The fourth-order valence-corrected chi connectivity index (χ4v) is 5.62. The minimum absolute atomic E-state index is 0.131. The highest BCUT2D eigenvalue weighted by Gasteiger charge is 2.33. The number of hydrogen-bond acceptors (Lipinski definition) is 5. The number of amides is 1. The molecule has 0 radical (unpaired) electrons. The summed E-state index contributed by atoms with van der Waals surface area (Å²) in [5, 5.41) is 7.39. The fraction of sp³-hybridized carbons (Fsp3) is 0.148. The van der Waals surface area contributed by atoms with E-state index in [0.717, 1.165) is 16.8 Å². The van der Waals surface area contributed by atoms with Crippen molar-refractivity contribution in [3.63, 3.8) is 0 Å². The lowest BCUT2D eigenvalue weighted by molar-refractivity contribution is 0.101. The maximum absolute atomic E-state index is 13.1. The molecule has 8 heteroatoms. The molecule has 0 aliphatic carbocycles. The molecule has 0 atom stereocenters. The second-order valence-corrected chi connectivity index (χ2v) is 10.8. The SMILES string of the molecule is Cc1ccc(-n2nc3c(c2NC(=O)c2ccc(C(=O)c4ccccc4)cc2)CS(=O)(=O)C3)cc1C. The first-order valence-electron chi connectivity index (χ1n) is 11.1. The first-order chi connectivity index (χ1) is 16.7. The number of sulfone groups is 1. The van der Waals surface area contributed by atoms with Crippen LogP contribution in [0.4, 0.5) is 5.82 Å². The predicted molar refractivity (Wildman–Crippen MR) is 134 cm³/mol. The number of ketones is 1. The molecule has 1 aliphatic rings. The second kappa shape index (κ2) is 8.63. The maximum Gasteiger partial charge on any atom is 0.256 e. The van der Waals surface area contributed by atoms with Gasteiger partial charge in [0, 0.05) is 22.3 Å². The number of hydrogen-bond donors (Lipinski definition) is 1. The Labute approximate surface area is 203 Å². The molecule has 7 nitrogen and oxygen atoms in total.